The number of sulfone groups is 1. The van der Waals surface area contributed by atoms with Crippen molar-refractivity contribution in [2.45, 2.75) is 30.6 Å². The van der Waals surface area contributed by atoms with E-state index in [1.807, 2.05) is 6.07 Å². The molecule has 1 aromatic rings. The zero-order valence-electron chi connectivity index (χ0n) is 10.6. The summed E-state index contributed by atoms with van der Waals surface area (Å²) in [7, 11) is -3.15. The molecule has 1 aromatic carbocycles. The van der Waals surface area contributed by atoms with Crippen LogP contribution in [-0.2, 0) is 9.84 Å². The summed E-state index contributed by atoms with van der Waals surface area (Å²) in [4.78, 5) is 0.367. The second-order valence-corrected chi connectivity index (χ2v) is 7.07. The highest BCUT2D eigenvalue weighted by molar-refractivity contribution is 8.03. The third-order valence-corrected chi connectivity index (χ3v) is 4.56. The van der Waals surface area contributed by atoms with Gasteiger partial charge in [-0.3, -0.25) is 0 Å². The van der Waals surface area contributed by atoms with Gasteiger partial charge in [0.25, 0.3) is 0 Å². The van der Waals surface area contributed by atoms with Crippen molar-refractivity contribution in [3.63, 3.8) is 0 Å². The average molecular weight is 283 g/mol. The van der Waals surface area contributed by atoms with Gasteiger partial charge in [0.15, 0.2) is 9.84 Å². The van der Waals surface area contributed by atoms with Gasteiger partial charge in [0.05, 0.1) is 4.90 Å². The second kappa shape index (κ2) is 6.81. The smallest absolute Gasteiger partial charge is 0.175 e. The van der Waals surface area contributed by atoms with E-state index < -0.39 is 9.84 Å². The van der Waals surface area contributed by atoms with Gasteiger partial charge >= 0.3 is 0 Å². The number of thioether (sulfide) groups is 1. The first-order valence-electron chi connectivity index (χ1n) is 5.80. The molecular weight excluding hydrogens is 266 g/mol. The Balaban J connectivity index is 2.90. The molecule has 0 aliphatic carbocycles. The summed E-state index contributed by atoms with van der Waals surface area (Å²) in [6, 6.07) is 7.11. The predicted molar refractivity (Wildman–Crippen MR) is 75.3 cm³/mol. The lowest BCUT2D eigenvalue weighted by atomic mass is 9.94. The van der Waals surface area contributed by atoms with Crippen LogP contribution in [0.1, 0.15) is 31.2 Å². The number of nitrogens with zero attached hydrogens (tertiary/aromatic N) is 1. The van der Waals surface area contributed by atoms with Crippen LogP contribution in [-0.4, -0.2) is 20.4 Å². The molecule has 98 valence electrons. The Morgan fingerprint density at radius 1 is 1.44 bits per heavy atom. The largest absolute Gasteiger partial charge is 0.224 e. The molecule has 0 N–H and O–H groups in total. The monoisotopic (exact) mass is 283 g/mol. The van der Waals surface area contributed by atoms with Crippen LogP contribution in [0.15, 0.2) is 29.2 Å². The van der Waals surface area contributed by atoms with Gasteiger partial charge in [-0.1, -0.05) is 19.1 Å². The summed E-state index contributed by atoms with van der Waals surface area (Å²) in [6.45, 7) is 2.08. The quantitative estimate of drug-likeness (QED) is 0.594. The molecule has 0 aliphatic rings. The minimum atomic E-state index is -3.15. The third-order valence-electron chi connectivity index (χ3n) is 2.88. The van der Waals surface area contributed by atoms with Gasteiger partial charge in [0.2, 0.25) is 0 Å². The summed E-state index contributed by atoms with van der Waals surface area (Å²) in [5.41, 5.74) is 1.04. The van der Waals surface area contributed by atoms with Gasteiger partial charge in [0.1, 0.15) is 5.40 Å². The molecule has 0 aliphatic heterocycles. The number of hydrogen-bond acceptors (Lipinski definition) is 4. The minimum absolute atomic E-state index is 0.313. The maximum absolute atomic E-state index is 11.5. The van der Waals surface area contributed by atoms with Crippen molar-refractivity contribution in [1.82, 2.24) is 0 Å². The maximum atomic E-state index is 11.5. The molecule has 1 atom stereocenters. The van der Waals surface area contributed by atoms with E-state index in [-0.39, 0.29) is 0 Å². The topological polar surface area (TPSA) is 57.9 Å². The van der Waals surface area contributed by atoms with Crippen LogP contribution in [0.4, 0.5) is 0 Å². The number of hydrogen-bond donors (Lipinski definition) is 0. The van der Waals surface area contributed by atoms with E-state index in [4.69, 9.17) is 5.26 Å². The van der Waals surface area contributed by atoms with E-state index in [2.05, 4.69) is 12.3 Å². The van der Waals surface area contributed by atoms with Gasteiger partial charge in [-0.05, 0) is 48.2 Å². The van der Waals surface area contributed by atoms with Gasteiger partial charge in [-0.25, -0.2) is 8.42 Å². The lowest BCUT2D eigenvalue weighted by molar-refractivity contribution is 0.600. The molecule has 1 unspecified atom stereocenters. The fourth-order valence-corrected chi connectivity index (χ4v) is 3.02. The van der Waals surface area contributed by atoms with Crippen molar-refractivity contribution in [2.24, 2.45) is 0 Å². The zero-order chi connectivity index (χ0) is 13.6. The Kier molecular flexibility index (Phi) is 5.70. The van der Waals surface area contributed by atoms with Crippen LogP contribution in [0.2, 0.25) is 0 Å². The van der Waals surface area contributed by atoms with Crippen molar-refractivity contribution in [3.05, 3.63) is 29.8 Å². The first kappa shape index (κ1) is 15.1. The number of rotatable bonds is 6. The molecule has 3 nitrogen and oxygen atoms in total. The summed E-state index contributed by atoms with van der Waals surface area (Å²) < 4.78 is 23.0. The highest BCUT2D eigenvalue weighted by Gasteiger charge is 2.13. The molecule has 1 rings (SSSR count). The highest BCUT2D eigenvalue weighted by Crippen LogP contribution is 2.26. The molecule has 5 heteroatoms. The zero-order valence-corrected chi connectivity index (χ0v) is 12.2. The fraction of sp³-hybridized carbons (Fsp3) is 0.462. The molecule has 0 radical (unpaired) electrons. The van der Waals surface area contributed by atoms with Crippen molar-refractivity contribution in [3.8, 4) is 5.40 Å². The Labute approximate surface area is 113 Å². The molecule has 0 aromatic heterocycles. The Morgan fingerprint density at radius 3 is 2.72 bits per heavy atom. The maximum Gasteiger partial charge on any atom is 0.175 e. The Morgan fingerprint density at radius 2 is 2.17 bits per heavy atom. The second-order valence-electron chi connectivity index (χ2n) is 4.18. The summed E-state index contributed by atoms with van der Waals surface area (Å²) >= 11 is 1.24. The van der Waals surface area contributed by atoms with Crippen LogP contribution in [0, 0.1) is 10.7 Å². The van der Waals surface area contributed by atoms with E-state index in [1.54, 1.807) is 18.2 Å². The standard InChI is InChI=1S/C13H17NO2S2/c1-3-11(7-8-17-10-14)12-5-4-6-13(9-12)18(2,15)16/h4-6,9,11H,3,7-8H2,1-2H3. The lowest BCUT2D eigenvalue weighted by Gasteiger charge is -2.15. The first-order valence-corrected chi connectivity index (χ1v) is 8.67. The highest BCUT2D eigenvalue weighted by atomic mass is 32.2. The van der Waals surface area contributed by atoms with Crippen LogP contribution in [0.25, 0.3) is 0 Å². The van der Waals surface area contributed by atoms with E-state index in [9.17, 15) is 8.42 Å². The van der Waals surface area contributed by atoms with E-state index in [0.717, 1.165) is 24.2 Å². The molecule has 0 heterocycles. The average Bonchev–Trinajstić information content (AvgIpc) is 2.34. The van der Waals surface area contributed by atoms with Gasteiger partial charge in [-0.15, -0.1) is 0 Å². The van der Waals surface area contributed by atoms with Gasteiger partial charge < -0.3 is 0 Å². The summed E-state index contributed by atoms with van der Waals surface area (Å²) in [6.07, 6.45) is 3.06. The summed E-state index contributed by atoms with van der Waals surface area (Å²) in [5.74, 6) is 1.09. The van der Waals surface area contributed by atoms with Crippen LogP contribution in [0.3, 0.4) is 0 Å². The van der Waals surface area contributed by atoms with Crippen LogP contribution >= 0.6 is 11.8 Å². The SMILES string of the molecule is CCC(CCSC#N)c1cccc(S(C)(=O)=O)c1. The number of thiocyanates is 1. The molecular formula is C13H17NO2S2. The first-order chi connectivity index (χ1) is 8.49. The van der Waals surface area contributed by atoms with Crippen LogP contribution in [0.5, 0.6) is 0 Å². The number of nitriles is 1. The van der Waals surface area contributed by atoms with Crippen molar-refractivity contribution in [1.29, 1.82) is 5.26 Å². The predicted octanol–water partition coefficient (Wildman–Crippen LogP) is 3.19. The van der Waals surface area contributed by atoms with Crippen molar-refractivity contribution in [2.75, 3.05) is 12.0 Å². The van der Waals surface area contributed by atoms with Crippen molar-refractivity contribution >= 4 is 21.6 Å². The third kappa shape index (κ3) is 4.35. The fourth-order valence-electron chi connectivity index (χ4n) is 1.85. The van der Waals surface area contributed by atoms with Gasteiger partial charge in [-0.2, -0.15) is 5.26 Å². The molecule has 18 heavy (non-hydrogen) atoms. The molecule has 0 amide bonds. The molecule has 0 fully saturated rings. The molecule has 0 bridgehead atoms. The van der Waals surface area contributed by atoms with Crippen LogP contribution < -0.4 is 0 Å². The number of benzene rings is 1. The van der Waals surface area contributed by atoms with Crippen molar-refractivity contribution < 1.29 is 8.42 Å². The molecule has 0 saturated carbocycles. The van der Waals surface area contributed by atoms with Gasteiger partial charge in [0, 0.05) is 12.0 Å². The lowest BCUT2D eigenvalue weighted by Crippen LogP contribution is -2.02. The van der Waals surface area contributed by atoms with E-state index >= 15 is 0 Å². The van der Waals surface area contributed by atoms with E-state index in [0.29, 0.717) is 10.8 Å². The Bertz CT molecular complexity index is 532. The molecule has 0 spiro atoms. The Hall–Kier alpha value is -0.990. The van der Waals surface area contributed by atoms with E-state index in [1.165, 1.54) is 18.0 Å². The normalized spacial score (nSPS) is 12.9. The minimum Gasteiger partial charge on any atom is -0.224 e. The summed E-state index contributed by atoms with van der Waals surface area (Å²) in [5, 5.41) is 10.6. The molecule has 0 saturated heterocycles.